The van der Waals surface area contributed by atoms with Gasteiger partial charge in [-0.1, -0.05) is 13.3 Å². The Bertz CT molecular complexity index is 299. The third-order valence-electron chi connectivity index (χ3n) is 5.56. The van der Waals surface area contributed by atoms with Crippen molar-refractivity contribution in [2.45, 2.75) is 57.2 Å². The van der Waals surface area contributed by atoms with Gasteiger partial charge in [0.15, 0.2) is 0 Å². The molecule has 3 aliphatic rings. The van der Waals surface area contributed by atoms with Crippen molar-refractivity contribution in [3.8, 4) is 0 Å². The smallest absolute Gasteiger partial charge is 0.0623 e. The Kier molecular flexibility index (Phi) is 7.23. The van der Waals surface area contributed by atoms with Crippen molar-refractivity contribution in [2.24, 2.45) is 5.92 Å². The van der Waals surface area contributed by atoms with E-state index in [9.17, 15) is 0 Å². The van der Waals surface area contributed by atoms with Gasteiger partial charge in [0, 0.05) is 31.2 Å². The van der Waals surface area contributed by atoms with Crippen molar-refractivity contribution in [3.63, 3.8) is 0 Å². The summed E-state index contributed by atoms with van der Waals surface area (Å²) in [6.07, 6.45) is 6.85. The molecule has 1 aliphatic carbocycles. The first-order valence-electron chi connectivity index (χ1n) is 8.67. The molecule has 1 saturated carbocycles. The highest BCUT2D eigenvalue weighted by Crippen LogP contribution is 2.29. The topological polar surface area (TPSA) is 36.5 Å². The second-order valence-electron chi connectivity index (χ2n) is 6.67. The number of rotatable bonds is 5. The first kappa shape index (κ1) is 17.5. The van der Waals surface area contributed by atoms with E-state index in [0.717, 1.165) is 31.7 Å². The molecule has 2 aliphatic heterocycles. The normalized spacial score (nSPS) is 37.6. The number of halogens is 1. The molecule has 2 N–H and O–H groups in total. The summed E-state index contributed by atoms with van der Waals surface area (Å²) in [5, 5.41) is 7.56. The predicted octanol–water partition coefficient (Wildman–Crippen LogP) is 1.64. The number of nitrogens with zero attached hydrogens (tertiary/aromatic N) is 1. The van der Waals surface area contributed by atoms with Crippen molar-refractivity contribution in [3.05, 3.63) is 0 Å². The van der Waals surface area contributed by atoms with E-state index >= 15 is 0 Å². The van der Waals surface area contributed by atoms with Gasteiger partial charge in [-0.3, -0.25) is 4.90 Å². The average molecular weight is 318 g/mol. The fraction of sp³-hybridized carbons (Fsp3) is 1.00. The summed E-state index contributed by atoms with van der Waals surface area (Å²) in [6.45, 7) is 8.80. The van der Waals surface area contributed by atoms with E-state index in [-0.39, 0.29) is 12.4 Å². The highest BCUT2D eigenvalue weighted by Gasteiger charge is 2.35. The summed E-state index contributed by atoms with van der Waals surface area (Å²) in [6, 6.07) is 2.06. The van der Waals surface area contributed by atoms with Crippen LogP contribution in [-0.4, -0.2) is 62.4 Å². The maximum absolute atomic E-state index is 5.66. The van der Waals surface area contributed by atoms with Gasteiger partial charge in [-0.05, 0) is 44.7 Å². The first-order valence-corrected chi connectivity index (χ1v) is 8.67. The van der Waals surface area contributed by atoms with Crippen LogP contribution in [0.4, 0.5) is 0 Å². The lowest BCUT2D eigenvalue weighted by Crippen LogP contribution is -2.52. The van der Waals surface area contributed by atoms with Crippen molar-refractivity contribution in [1.29, 1.82) is 0 Å². The van der Waals surface area contributed by atoms with Gasteiger partial charge in [0.05, 0.1) is 13.2 Å². The molecule has 5 heteroatoms. The molecule has 4 nitrogen and oxygen atoms in total. The molecule has 3 rings (SSSR count). The van der Waals surface area contributed by atoms with Crippen LogP contribution >= 0.6 is 12.4 Å². The molecule has 4 atom stereocenters. The van der Waals surface area contributed by atoms with Crippen LogP contribution in [0.2, 0.25) is 0 Å². The lowest BCUT2D eigenvalue weighted by Gasteiger charge is -2.34. The number of hydrogen-bond acceptors (Lipinski definition) is 4. The Morgan fingerprint density at radius 1 is 1.24 bits per heavy atom. The summed E-state index contributed by atoms with van der Waals surface area (Å²) in [4.78, 5) is 2.64. The lowest BCUT2D eigenvalue weighted by atomic mass is 9.94. The summed E-state index contributed by atoms with van der Waals surface area (Å²) in [5.74, 6) is 0.770. The highest BCUT2D eigenvalue weighted by atomic mass is 35.5. The third-order valence-corrected chi connectivity index (χ3v) is 5.56. The molecular formula is C16H32ClN3O. The van der Waals surface area contributed by atoms with Crippen LogP contribution in [0.1, 0.15) is 39.0 Å². The van der Waals surface area contributed by atoms with Crippen molar-refractivity contribution < 1.29 is 4.74 Å². The van der Waals surface area contributed by atoms with Crippen LogP contribution in [0, 0.1) is 5.92 Å². The van der Waals surface area contributed by atoms with E-state index in [4.69, 9.17) is 4.74 Å². The minimum atomic E-state index is 0. The fourth-order valence-electron chi connectivity index (χ4n) is 4.41. The number of hydrogen-bond donors (Lipinski definition) is 2. The molecule has 3 fully saturated rings. The van der Waals surface area contributed by atoms with Crippen LogP contribution < -0.4 is 10.6 Å². The molecule has 21 heavy (non-hydrogen) atoms. The standard InChI is InChI=1S/C16H31N3O.ClH/c1-2-19-9-4-5-13(19)11-18-15-7-3-6-14(15)16-12-20-10-8-17-16;/h13-18H,2-12H2,1H3;1H. The quantitative estimate of drug-likeness (QED) is 0.808. The zero-order chi connectivity index (χ0) is 13.8. The SMILES string of the molecule is CCN1CCCC1CNC1CCCC1C1COCCN1.Cl. The molecule has 0 aromatic heterocycles. The number of likely N-dealkylation sites (tertiary alicyclic amines) is 1. The van der Waals surface area contributed by atoms with Gasteiger partial charge in [0.1, 0.15) is 0 Å². The van der Waals surface area contributed by atoms with Gasteiger partial charge in [-0.25, -0.2) is 0 Å². The Balaban J connectivity index is 0.00000161. The first-order chi connectivity index (χ1) is 9.88. The molecule has 124 valence electrons. The molecular weight excluding hydrogens is 286 g/mol. The lowest BCUT2D eigenvalue weighted by molar-refractivity contribution is 0.0521. The largest absolute Gasteiger partial charge is 0.379 e. The minimum Gasteiger partial charge on any atom is -0.379 e. The average Bonchev–Trinajstić information content (AvgIpc) is 3.14. The van der Waals surface area contributed by atoms with Gasteiger partial charge < -0.3 is 15.4 Å². The van der Waals surface area contributed by atoms with Crippen molar-refractivity contribution in [2.75, 3.05) is 39.4 Å². The Morgan fingerprint density at radius 3 is 2.90 bits per heavy atom. The van der Waals surface area contributed by atoms with Crippen molar-refractivity contribution in [1.82, 2.24) is 15.5 Å². The Morgan fingerprint density at radius 2 is 2.14 bits per heavy atom. The number of ether oxygens (including phenoxy) is 1. The maximum Gasteiger partial charge on any atom is 0.0623 e. The van der Waals surface area contributed by atoms with Crippen LogP contribution in [-0.2, 0) is 4.74 Å². The highest BCUT2D eigenvalue weighted by molar-refractivity contribution is 5.85. The summed E-state index contributed by atoms with van der Waals surface area (Å²) >= 11 is 0. The maximum atomic E-state index is 5.66. The van der Waals surface area contributed by atoms with E-state index in [0.29, 0.717) is 12.1 Å². The summed E-state index contributed by atoms with van der Waals surface area (Å²) < 4.78 is 5.66. The second kappa shape index (κ2) is 8.68. The minimum absolute atomic E-state index is 0. The number of nitrogens with one attached hydrogen (secondary N) is 2. The molecule has 4 unspecified atom stereocenters. The summed E-state index contributed by atoms with van der Waals surface area (Å²) in [7, 11) is 0. The third kappa shape index (κ3) is 4.32. The van der Waals surface area contributed by atoms with Crippen LogP contribution in [0.15, 0.2) is 0 Å². The number of morpholine rings is 1. The van der Waals surface area contributed by atoms with Crippen LogP contribution in [0.3, 0.4) is 0 Å². The molecule has 0 spiro atoms. The molecule has 0 radical (unpaired) electrons. The van der Waals surface area contributed by atoms with E-state index in [1.54, 1.807) is 0 Å². The molecule has 2 saturated heterocycles. The van der Waals surface area contributed by atoms with Gasteiger partial charge in [-0.15, -0.1) is 12.4 Å². The molecule has 2 heterocycles. The van der Waals surface area contributed by atoms with E-state index < -0.39 is 0 Å². The van der Waals surface area contributed by atoms with Gasteiger partial charge in [0.25, 0.3) is 0 Å². The van der Waals surface area contributed by atoms with Crippen LogP contribution in [0.25, 0.3) is 0 Å². The Labute approximate surface area is 135 Å². The van der Waals surface area contributed by atoms with E-state index in [1.165, 1.54) is 51.7 Å². The predicted molar refractivity (Wildman–Crippen MR) is 89.3 cm³/mol. The number of likely N-dealkylation sites (N-methyl/N-ethyl adjacent to an activating group) is 1. The summed E-state index contributed by atoms with van der Waals surface area (Å²) in [5.41, 5.74) is 0. The molecule has 0 amide bonds. The Hall–Kier alpha value is 0.130. The van der Waals surface area contributed by atoms with Crippen LogP contribution in [0.5, 0.6) is 0 Å². The molecule has 0 aromatic carbocycles. The van der Waals surface area contributed by atoms with Crippen molar-refractivity contribution >= 4 is 12.4 Å². The monoisotopic (exact) mass is 317 g/mol. The molecule has 0 bridgehead atoms. The van der Waals surface area contributed by atoms with Gasteiger partial charge in [0.2, 0.25) is 0 Å². The zero-order valence-electron chi connectivity index (χ0n) is 13.4. The zero-order valence-corrected chi connectivity index (χ0v) is 14.2. The fourth-order valence-corrected chi connectivity index (χ4v) is 4.41. The van der Waals surface area contributed by atoms with E-state index in [2.05, 4.69) is 22.5 Å². The van der Waals surface area contributed by atoms with Gasteiger partial charge >= 0.3 is 0 Å². The van der Waals surface area contributed by atoms with E-state index in [1.807, 2.05) is 0 Å². The second-order valence-corrected chi connectivity index (χ2v) is 6.67. The molecule has 0 aromatic rings. The van der Waals surface area contributed by atoms with Gasteiger partial charge in [-0.2, -0.15) is 0 Å².